The molecule has 8 nitrogen and oxygen atoms in total. The van der Waals surface area contributed by atoms with Crippen LogP contribution in [0.25, 0.3) is 0 Å². The maximum Gasteiger partial charge on any atom is 0.490 e. The molecule has 26 heavy (non-hydrogen) atoms. The van der Waals surface area contributed by atoms with Gasteiger partial charge in [0.15, 0.2) is 0 Å². The lowest BCUT2D eigenvalue weighted by molar-refractivity contribution is -0.193. The maximum atomic E-state index is 10.6. The molecule has 14 heteroatoms. The number of nitrogens with zero attached hydrogens (tertiary/aromatic N) is 3. The van der Waals surface area contributed by atoms with E-state index in [4.69, 9.17) is 19.8 Å². The van der Waals surface area contributed by atoms with Gasteiger partial charge >= 0.3 is 24.3 Å². The fraction of sp³-hybridized carbons (Fsp3) is 0.583. The number of anilines is 1. The van der Waals surface area contributed by atoms with Gasteiger partial charge in [-0.05, 0) is 0 Å². The lowest BCUT2D eigenvalue weighted by Crippen LogP contribution is -2.43. The molecule has 2 heterocycles. The molecule has 0 saturated carbocycles. The van der Waals surface area contributed by atoms with E-state index in [1.165, 1.54) is 5.69 Å². The van der Waals surface area contributed by atoms with Crippen LogP contribution in [-0.4, -0.2) is 70.5 Å². The van der Waals surface area contributed by atoms with Gasteiger partial charge in [-0.15, -0.1) is 0 Å². The highest BCUT2D eigenvalue weighted by molar-refractivity contribution is 5.73. The van der Waals surface area contributed by atoms with Crippen LogP contribution < -0.4 is 10.2 Å². The minimum Gasteiger partial charge on any atom is -0.475 e. The number of hydrogen-bond donors (Lipinski definition) is 3. The van der Waals surface area contributed by atoms with E-state index in [1.807, 2.05) is 17.9 Å². The first-order valence-corrected chi connectivity index (χ1v) is 6.79. The first-order chi connectivity index (χ1) is 11.7. The van der Waals surface area contributed by atoms with Crippen LogP contribution >= 0.6 is 0 Å². The lowest BCUT2D eigenvalue weighted by Gasteiger charge is -2.27. The van der Waals surface area contributed by atoms with Gasteiger partial charge < -0.3 is 20.4 Å². The molecule has 1 aliphatic heterocycles. The summed E-state index contributed by atoms with van der Waals surface area (Å²) in [5.74, 6) is -5.51. The van der Waals surface area contributed by atoms with Crippen LogP contribution in [0, 0.1) is 0 Å². The Morgan fingerprint density at radius 3 is 1.69 bits per heavy atom. The van der Waals surface area contributed by atoms with Gasteiger partial charge in [0.2, 0.25) is 0 Å². The third-order valence-electron chi connectivity index (χ3n) is 2.66. The van der Waals surface area contributed by atoms with Gasteiger partial charge in [-0.3, -0.25) is 4.68 Å². The number of carboxylic acid groups (broad SMARTS) is 2. The molecule has 0 unspecified atom stereocenters. The van der Waals surface area contributed by atoms with Gasteiger partial charge in [0.1, 0.15) is 0 Å². The van der Waals surface area contributed by atoms with Crippen molar-refractivity contribution in [3.05, 3.63) is 12.4 Å². The molecule has 1 fully saturated rings. The van der Waals surface area contributed by atoms with E-state index in [1.54, 1.807) is 0 Å². The summed E-state index contributed by atoms with van der Waals surface area (Å²) in [5, 5.41) is 21.7. The summed E-state index contributed by atoms with van der Waals surface area (Å²) in [7, 11) is 1.95. The molecule has 1 saturated heterocycles. The van der Waals surface area contributed by atoms with Gasteiger partial charge in [-0.1, -0.05) is 0 Å². The summed E-state index contributed by atoms with van der Waals surface area (Å²) in [6, 6.07) is 0. The van der Waals surface area contributed by atoms with Gasteiger partial charge in [0.05, 0.1) is 11.9 Å². The van der Waals surface area contributed by atoms with Crippen molar-refractivity contribution in [1.29, 1.82) is 0 Å². The highest BCUT2D eigenvalue weighted by Gasteiger charge is 2.38. The Morgan fingerprint density at radius 1 is 1.04 bits per heavy atom. The van der Waals surface area contributed by atoms with Crippen LogP contribution in [0.5, 0.6) is 0 Å². The standard InChI is InChI=1S/C8H14N4.2C2HF3O2/c1-11-7-8(6-10-11)12-4-2-9-3-5-12;2*3-2(4,5)1(6)7/h6-7,9H,2-5H2,1H3;2*(H,6,7). The summed E-state index contributed by atoms with van der Waals surface area (Å²) in [4.78, 5) is 20.1. The SMILES string of the molecule is Cn1cc(N2CCNCC2)cn1.O=C(O)C(F)(F)F.O=C(O)C(F)(F)F. The molecule has 3 N–H and O–H groups in total. The molecule has 150 valence electrons. The fourth-order valence-electron chi connectivity index (χ4n) is 1.49. The van der Waals surface area contributed by atoms with E-state index in [-0.39, 0.29) is 0 Å². The van der Waals surface area contributed by atoms with E-state index < -0.39 is 24.3 Å². The number of hydrogen-bond acceptors (Lipinski definition) is 5. The van der Waals surface area contributed by atoms with Gasteiger partial charge in [0, 0.05) is 39.4 Å². The molecule has 2 rings (SSSR count). The summed E-state index contributed by atoms with van der Waals surface area (Å²) in [6.45, 7) is 4.33. The maximum absolute atomic E-state index is 10.6. The Kier molecular flexibility index (Phi) is 8.89. The van der Waals surface area contributed by atoms with E-state index in [0.29, 0.717) is 0 Å². The molecule has 0 atom stereocenters. The summed E-state index contributed by atoms with van der Waals surface area (Å²) >= 11 is 0. The largest absolute Gasteiger partial charge is 0.490 e. The number of aromatic nitrogens is 2. The number of carbonyl (C=O) groups is 2. The minimum atomic E-state index is -5.08. The predicted molar refractivity (Wildman–Crippen MR) is 75.7 cm³/mol. The third kappa shape index (κ3) is 9.71. The van der Waals surface area contributed by atoms with Gasteiger partial charge in [-0.25, -0.2) is 9.59 Å². The van der Waals surface area contributed by atoms with Crippen LogP contribution in [0.15, 0.2) is 12.4 Å². The van der Waals surface area contributed by atoms with Crippen molar-refractivity contribution < 1.29 is 46.1 Å². The molecular weight excluding hydrogens is 378 g/mol. The molecule has 1 aromatic rings. The van der Waals surface area contributed by atoms with Crippen LogP contribution in [0.1, 0.15) is 0 Å². The van der Waals surface area contributed by atoms with E-state index in [2.05, 4.69) is 21.5 Å². The highest BCUT2D eigenvalue weighted by atomic mass is 19.4. The topological polar surface area (TPSA) is 108 Å². The highest BCUT2D eigenvalue weighted by Crippen LogP contribution is 2.14. The first-order valence-electron chi connectivity index (χ1n) is 6.79. The average molecular weight is 394 g/mol. The minimum absolute atomic E-state index is 1.08. The number of nitrogens with one attached hydrogen (secondary N) is 1. The Morgan fingerprint density at radius 2 is 1.42 bits per heavy atom. The zero-order valence-electron chi connectivity index (χ0n) is 13.3. The van der Waals surface area contributed by atoms with Gasteiger partial charge in [-0.2, -0.15) is 31.4 Å². The third-order valence-corrected chi connectivity index (χ3v) is 2.66. The number of piperazine rings is 1. The summed E-state index contributed by atoms with van der Waals surface area (Å²) in [6.07, 6.45) is -6.18. The molecule has 0 radical (unpaired) electrons. The number of rotatable bonds is 1. The Balaban J connectivity index is 0.000000390. The lowest BCUT2D eigenvalue weighted by atomic mass is 10.3. The Hall–Kier alpha value is -2.51. The summed E-state index contributed by atoms with van der Waals surface area (Å²) < 4.78 is 65.3. The molecule has 0 aliphatic carbocycles. The van der Waals surface area contributed by atoms with Crippen molar-refractivity contribution in [3.8, 4) is 0 Å². The van der Waals surface area contributed by atoms with Crippen molar-refractivity contribution in [2.45, 2.75) is 12.4 Å². The molecule has 0 amide bonds. The first kappa shape index (κ1) is 23.5. The van der Waals surface area contributed by atoms with Crippen LogP contribution in [0.4, 0.5) is 32.0 Å². The van der Waals surface area contributed by atoms with Crippen molar-refractivity contribution in [2.24, 2.45) is 7.05 Å². The second-order valence-corrected chi connectivity index (χ2v) is 4.72. The van der Waals surface area contributed by atoms with Crippen LogP contribution in [-0.2, 0) is 16.6 Å². The monoisotopic (exact) mass is 394 g/mol. The molecular formula is C12H16F6N4O4. The zero-order chi connectivity index (χ0) is 20.5. The van der Waals surface area contributed by atoms with E-state index >= 15 is 0 Å². The fourth-order valence-corrected chi connectivity index (χ4v) is 1.49. The Bertz CT molecular complexity index is 557. The average Bonchev–Trinajstić information content (AvgIpc) is 2.94. The van der Waals surface area contributed by atoms with E-state index in [9.17, 15) is 26.3 Å². The smallest absolute Gasteiger partial charge is 0.475 e. The predicted octanol–water partition coefficient (Wildman–Crippen LogP) is 1.10. The van der Waals surface area contributed by atoms with Crippen LogP contribution in [0.2, 0.25) is 0 Å². The normalized spacial score (nSPS) is 14.5. The number of carboxylic acids is 2. The Labute approximate surface area is 143 Å². The van der Waals surface area contributed by atoms with Crippen molar-refractivity contribution in [1.82, 2.24) is 15.1 Å². The van der Waals surface area contributed by atoms with Crippen LogP contribution in [0.3, 0.4) is 0 Å². The van der Waals surface area contributed by atoms with Crippen molar-refractivity contribution in [2.75, 3.05) is 31.1 Å². The zero-order valence-corrected chi connectivity index (χ0v) is 13.3. The number of aryl methyl sites for hydroxylation is 1. The summed E-state index contributed by atoms with van der Waals surface area (Å²) in [5.41, 5.74) is 1.24. The molecule has 0 aromatic carbocycles. The molecule has 1 aliphatic rings. The number of halogens is 6. The number of aliphatic carboxylic acids is 2. The van der Waals surface area contributed by atoms with Gasteiger partial charge in [0.25, 0.3) is 0 Å². The second-order valence-electron chi connectivity index (χ2n) is 4.72. The van der Waals surface area contributed by atoms with E-state index in [0.717, 1.165) is 26.2 Å². The molecule has 1 aromatic heterocycles. The molecule has 0 bridgehead atoms. The second kappa shape index (κ2) is 9.84. The number of alkyl halides is 6. The van der Waals surface area contributed by atoms with Crippen molar-refractivity contribution in [3.63, 3.8) is 0 Å². The quantitative estimate of drug-likeness (QED) is 0.612. The van der Waals surface area contributed by atoms with Crippen molar-refractivity contribution >= 4 is 17.6 Å². The molecule has 0 spiro atoms.